The third-order valence-electron chi connectivity index (χ3n) is 6.44. The number of benzene rings is 2. The predicted molar refractivity (Wildman–Crippen MR) is 165 cm³/mol. The Balaban J connectivity index is 1.20. The van der Waals surface area contributed by atoms with Crippen LogP contribution in [-0.2, 0) is 48.5 Å². The molecule has 2 atom stereocenters. The van der Waals surface area contributed by atoms with Gasteiger partial charge in [0.1, 0.15) is 5.75 Å². The van der Waals surface area contributed by atoms with Crippen molar-refractivity contribution < 1.29 is 45.8 Å². The highest BCUT2D eigenvalue weighted by Gasteiger charge is 2.18. The molecule has 2 aromatic carbocycles. The summed E-state index contributed by atoms with van der Waals surface area (Å²) < 4.78 is 68.8. The van der Waals surface area contributed by atoms with Crippen LogP contribution < -0.4 is 4.74 Å². The van der Waals surface area contributed by atoms with Gasteiger partial charge in [0.2, 0.25) is 0 Å². The molecule has 0 amide bonds. The van der Waals surface area contributed by atoms with E-state index in [1.54, 1.807) is 31.0 Å². The molecule has 0 spiro atoms. The average molecular weight is 643 g/mol. The van der Waals surface area contributed by atoms with Crippen LogP contribution in [0.15, 0.2) is 53.4 Å². The summed E-state index contributed by atoms with van der Waals surface area (Å²) >= 11 is 1.80. The second-order valence-corrected chi connectivity index (χ2v) is 12.6. The van der Waals surface area contributed by atoms with E-state index in [4.69, 9.17) is 37.3 Å². The second-order valence-electron chi connectivity index (χ2n) is 9.91. The van der Waals surface area contributed by atoms with Gasteiger partial charge in [-0.3, -0.25) is 4.18 Å². The molecule has 12 heteroatoms. The highest BCUT2D eigenvalue weighted by atomic mass is 32.2. The van der Waals surface area contributed by atoms with Gasteiger partial charge in [-0.05, 0) is 56.0 Å². The molecule has 10 nitrogen and oxygen atoms in total. The van der Waals surface area contributed by atoms with E-state index in [2.05, 4.69) is 12.1 Å². The Morgan fingerprint density at radius 1 is 0.860 bits per heavy atom. The Morgan fingerprint density at radius 3 is 2.14 bits per heavy atom. The maximum Gasteiger partial charge on any atom is 0.297 e. The zero-order chi connectivity index (χ0) is 30.6. The van der Waals surface area contributed by atoms with Crippen molar-refractivity contribution in [2.75, 3.05) is 78.9 Å². The predicted octanol–water partition coefficient (Wildman–Crippen LogP) is 4.62. The van der Waals surface area contributed by atoms with Gasteiger partial charge in [0.25, 0.3) is 10.1 Å². The molecule has 43 heavy (non-hydrogen) atoms. The Bertz CT molecular complexity index is 1090. The molecule has 3 rings (SSSR count). The van der Waals surface area contributed by atoms with E-state index in [0.717, 1.165) is 48.7 Å². The molecular weight excluding hydrogens is 596 g/mol. The van der Waals surface area contributed by atoms with Crippen molar-refractivity contribution in [3.05, 3.63) is 59.7 Å². The fourth-order valence-corrected chi connectivity index (χ4v) is 5.92. The summed E-state index contributed by atoms with van der Waals surface area (Å²) in [6.07, 6.45) is 2.91. The molecule has 0 N–H and O–H groups in total. The fourth-order valence-electron chi connectivity index (χ4n) is 4.02. The van der Waals surface area contributed by atoms with E-state index in [9.17, 15) is 8.42 Å². The molecule has 1 aliphatic rings. The van der Waals surface area contributed by atoms with Gasteiger partial charge in [0.15, 0.2) is 6.29 Å². The fraction of sp³-hybridized carbons (Fsp3) is 0.613. The first kappa shape index (κ1) is 35.7. The smallest absolute Gasteiger partial charge is 0.297 e. The van der Waals surface area contributed by atoms with E-state index in [1.807, 2.05) is 19.1 Å². The summed E-state index contributed by atoms with van der Waals surface area (Å²) in [7, 11) is -2.11. The van der Waals surface area contributed by atoms with Crippen molar-refractivity contribution in [1.29, 1.82) is 0 Å². The third kappa shape index (κ3) is 15.2. The largest absolute Gasteiger partial charge is 0.497 e. The van der Waals surface area contributed by atoms with Crippen LogP contribution in [0.1, 0.15) is 30.4 Å². The standard InChI is InChI=1S/C31H46O10S2/c1-26-6-12-30(13-7-26)43(32,33)41-22-20-37-18-16-35-15-17-36-19-21-38-29(23-40-31-5-3-4-14-39-31)25-42-24-27-8-10-28(34-2)11-9-27/h6-13,29,31H,3-5,14-25H2,1-2H3/t29-,31?/m1/s1. The Hall–Kier alpha value is -1.74. The van der Waals surface area contributed by atoms with Crippen LogP contribution in [0.5, 0.6) is 5.75 Å². The SMILES string of the molecule is COc1ccc(CSC[C@@H](COC2CCCCO2)OCCOCCOCCOCCOS(=O)(=O)c2ccc(C)cc2)cc1. The van der Waals surface area contributed by atoms with E-state index < -0.39 is 10.1 Å². The number of ether oxygens (including phenoxy) is 7. The van der Waals surface area contributed by atoms with Crippen molar-refractivity contribution >= 4 is 21.9 Å². The monoisotopic (exact) mass is 642 g/mol. The normalized spacial score (nSPS) is 16.3. The first-order valence-corrected chi connectivity index (χ1v) is 17.3. The molecular formula is C31H46O10S2. The van der Waals surface area contributed by atoms with Gasteiger partial charge in [0.05, 0.1) is 77.6 Å². The van der Waals surface area contributed by atoms with Crippen molar-refractivity contribution in [1.82, 2.24) is 0 Å². The molecule has 0 aromatic heterocycles. The number of rotatable bonds is 23. The van der Waals surface area contributed by atoms with Crippen molar-refractivity contribution in [3.63, 3.8) is 0 Å². The van der Waals surface area contributed by atoms with E-state index >= 15 is 0 Å². The number of aryl methyl sites for hydroxylation is 1. The number of methoxy groups -OCH3 is 1. The minimum Gasteiger partial charge on any atom is -0.497 e. The number of hydrogen-bond donors (Lipinski definition) is 0. The van der Waals surface area contributed by atoms with Crippen LogP contribution in [0.25, 0.3) is 0 Å². The topological polar surface area (TPSA) is 108 Å². The lowest BCUT2D eigenvalue weighted by Gasteiger charge is -2.25. The van der Waals surface area contributed by atoms with Gasteiger partial charge in [-0.25, -0.2) is 0 Å². The Labute approximate surface area is 260 Å². The first-order chi connectivity index (χ1) is 21.0. The number of hydrogen-bond acceptors (Lipinski definition) is 11. The minimum absolute atomic E-state index is 0.0565. The Morgan fingerprint density at radius 2 is 1.51 bits per heavy atom. The molecule has 1 aliphatic heterocycles. The number of thioether (sulfide) groups is 1. The molecule has 0 aliphatic carbocycles. The van der Waals surface area contributed by atoms with E-state index in [0.29, 0.717) is 46.2 Å². The molecule has 2 aromatic rings. The lowest BCUT2D eigenvalue weighted by atomic mass is 10.2. The molecule has 1 saturated heterocycles. The van der Waals surface area contributed by atoms with Crippen LogP contribution in [0, 0.1) is 6.92 Å². The zero-order valence-corrected chi connectivity index (χ0v) is 26.9. The van der Waals surface area contributed by atoms with Crippen LogP contribution in [0.4, 0.5) is 0 Å². The molecule has 1 unspecified atom stereocenters. The first-order valence-electron chi connectivity index (χ1n) is 14.7. The van der Waals surface area contributed by atoms with Crippen LogP contribution in [0.2, 0.25) is 0 Å². The zero-order valence-electron chi connectivity index (χ0n) is 25.3. The summed E-state index contributed by atoms with van der Waals surface area (Å²) in [5.41, 5.74) is 2.21. The summed E-state index contributed by atoms with van der Waals surface area (Å²) in [6.45, 7) is 5.68. The maximum atomic E-state index is 12.1. The molecule has 242 valence electrons. The van der Waals surface area contributed by atoms with E-state index in [-0.39, 0.29) is 30.5 Å². The van der Waals surface area contributed by atoms with Crippen LogP contribution in [-0.4, -0.2) is 99.7 Å². The highest BCUT2D eigenvalue weighted by molar-refractivity contribution is 7.98. The average Bonchev–Trinajstić information content (AvgIpc) is 3.02. The van der Waals surface area contributed by atoms with E-state index in [1.165, 1.54) is 17.7 Å². The van der Waals surface area contributed by atoms with Gasteiger partial charge in [0, 0.05) is 18.1 Å². The maximum absolute atomic E-state index is 12.1. The summed E-state index contributed by atoms with van der Waals surface area (Å²) in [6, 6.07) is 14.6. The summed E-state index contributed by atoms with van der Waals surface area (Å²) in [4.78, 5) is 0.133. The highest BCUT2D eigenvalue weighted by Crippen LogP contribution is 2.19. The lowest BCUT2D eigenvalue weighted by Crippen LogP contribution is -2.30. The lowest BCUT2D eigenvalue weighted by molar-refractivity contribution is -0.178. The third-order valence-corrected chi connectivity index (χ3v) is 8.91. The minimum atomic E-state index is -3.78. The molecule has 1 heterocycles. The van der Waals surface area contributed by atoms with Gasteiger partial charge < -0.3 is 33.2 Å². The second kappa shape index (κ2) is 21.1. The van der Waals surface area contributed by atoms with Crippen molar-refractivity contribution in [2.24, 2.45) is 0 Å². The quantitative estimate of drug-likeness (QED) is 0.125. The molecule has 0 bridgehead atoms. The van der Waals surface area contributed by atoms with Crippen molar-refractivity contribution in [3.8, 4) is 5.75 Å². The molecule has 1 fully saturated rings. The van der Waals surface area contributed by atoms with Crippen molar-refractivity contribution in [2.45, 2.75) is 49.2 Å². The van der Waals surface area contributed by atoms with Gasteiger partial charge >= 0.3 is 0 Å². The van der Waals surface area contributed by atoms with Gasteiger partial charge in [-0.15, -0.1) is 0 Å². The van der Waals surface area contributed by atoms with Crippen LogP contribution in [0.3, 0.4) is 0 Å². The molecule has 0 radical (unpaired) electrons. The van der Waals surface area contributed by atoms with Gasteiger partial charge in [-0.1, -0.05) is 29.8 Å². The van der Waals surface area contributed by atoms with Gasteiger partial charge in [-0.2, -0.15) is 20.2 Å². The molecule has 0 saturated carbocycles. The van der Waals surface area contributed by atoms with Crippen LogP contribution >= 0.6 is 11.8 Å². The summed E-state index contributed by atoms with van der Waals surface area (Å²) in [5.74, 6) is 2.52. The Kier molecular flexibility index (Phi) is 17.5. The summed E-state index contributed by atoms with van der Waals surface area (Å²) in [5, 5.41) is 0.